The number of aliphatic hydroxyl groups is 1. The zero-order chi connectivity index (χ0) is 32.4. The average molecular weight is 646 g/mol. The van der Waals surface area contributed by atoms with Crippen LogP contribution in [-0.2, 0) is 10.4 Å². The largest absolute Gasteiger partial charge is 0.497 e. The van der Waals surface area contributed by atoms with Crippen LogP contribution in [0.2, 0.25) is 5.02 Å². The summed E-state index contributed by atoms with van der Waals surface area (Å²) in [4.78, 5) is 30.2. The lowest BCUT2D eigenvalue weighted by molar-refractivity contribution is -0.339. The van der Waals surface area contributed by atoms with Gasteiger partial charge in [-0.2, -0.15) is 22.0 Å². The standard InChI is InChI=1S/C31H37ClF5N3O4/c1-38(2)27(41)25-8-7-23(19-26(25)32)39-13-9-20(10-14-39)17-21-11-15-40(16-12-21)28(42)29(43,30(33,34)31(35,36)37)22-5-4-6-24(18-22)44-3/h4-8,18-21,43H,9-17H2,1-3H3. The van der Waals surface area contributed by atoms with Crippen molar-refractivity contribution in [3.05, 3.63) is 58.6 Å². The summed E-state index contributed by atoms with van der Waals surface area (Å²) in [5, 5.41) is 11.4. The molecule has 1 atom stereocenters. The van der Waals surface area contributed by atoms with E-state index in [9.17, 15) is 36.6 Å². The minimum atomic E-state index is -6.18. The van der Waals surface area contributed by atoms with Crippen LogP contribution in [-0.4, -0.2) is 86.2 Å². The lowest BCUT2D eigenvalue weighted by atomic mass is 9.81. The Morgan fingerprint density at radius 2 is 1.55 bits per heavy atom. The number of hydrogen-bond acceptors (Lipinski definition) is 5. The monoisotopic (exact) mass is 645 g/mol. The van der Waals surface area contributed by atoms with E-state index in [0.717, 1.165) is 61.1 Å². The summed E-state index contributed by atoms with van der Waals surface area (Å²) in [5.74, 6) is -7.14. The van der Waals surface area contributed by atoms with E-state index in [2.05, 4.69) is 4.90 Å². The van der Waals surface area contributed by atoms with Crippen molar-refractivity contribution in [1.29, 1.82) is 0 Å². The number of carbonyl (C=O) groups excluding carboxylic acids is 2. The van der Waals surface area contributed by atoms with Crippen LogP contribution in [0.25, 0.3) is 0 Å². The van der Waals surface area contributed by atoms with Crippen LogP contribution < -0.4 is 9.64 Å². The van der Waals surface area contributed by atoms with Crippen molar-refractivity contribution in [1.82, 2.24) is 9.80 Å². The van der Waals surface area contributed by atoms with Crippen molar-refractivity contribution in [3.63, 3.8) is 0 Å². The van der Waals surface area contributed by atoms with Gasteiger partial charge in [0, 0.05) is 51.5 Å². The predicted octanol–water partition coefficient (Wildman–Crippen LogP) is 5.98. The Kier molecular flexibility index (Phi) is 10.0. The molecule has 242 valence electrons. The van der Waals surface area contributed by atoms with Gasteiger partial charge >= 0.3 is 12.1 Å². The molecule has 0 radical (unpaired) electrons. The quantitative estimate of drug-likeness (QED) is 0.358. The Balaban J connectivity index is 1.36. The number of nitrogens with zero attached hydrogens (tertiary/aromatic N) is 3. The molecule has 44 heavy (non-hydrogen) atoms. The Bertz CT molecular complexity index is 1340. The molecule has 4 rings (SSSR count). The molecule has 0 aromatic heterocycles. The number of amides is 2. The normalized spacial score (nSPS) is 18.6. The lowest BCUT2D eigenvalue weighted by Crippen LogP contribution is -2.63. The number of carbonyl (C=O) groups is 2. The van der Waals surface area contributed by atoms with E-state index in [-0.39, 0.29) is 30.7 Å². The summed E-state index contributed by atoms with van der Waals surface area (Å²) in [6.07, 6.45) is -2.70. The molecule has 0 bridgehead atoms. The summed E-state index contributed by atoms with van der Waals surface area (Å²) in [5.41, 5.74) is -3.68. The van der Waals surface area contributed by atoms with Crippen LogP contribution in [0.3, 0.4) is 0 Å². The van der Waals surface area contributed by atoms with Crippen molar-refractivity contribution < 1.29 is 41.4 Å². The van der Waals surface area contributed by atoms with Crippen molar-refractivity contribution in [2.45, 2.75) is 49.8 Å². The molecule has 2 heterocycles. The maximum Gasteiger partial charge on any atom is 0.457 e. The number of halogens is 6. The van der Waals surface area contributed by atoms with Crippen LogP contribution in [0, 0.1) is 11.8 Å². The Morgan fingerprint density at radius 3 is 2.07 bits per heavy atom. The maximum absolute atomic E-state index is 14.9. The van der Waals surface area contributed by atoms with Gasteiger partial charge in [-0.1, -0.05) is 23.7 Å². The molecule has 0 spiro atoms. The van der Waals surface area contributed by atoms with Gasteiger partial charge in [-0.25, -0.2) is 0 Å². The van der Waals surface area contributed by atoms with Crippen LogP contribution in [0.1, 0.15) is 48.0 Å². The number of alkyl halides is 5. The van der Waals surface area contributed by atoms with Gasteiger partial charge in [-0.15, -0.1) is 0 Å². The molecule has 0 saturated carbocycles. The third-order valence-electron chi connectivity index (χ3n) is 8.74. The van der Waals surface area contributed by atoms with Crippen molar-refractivity contribution >= 4 is 29.1 Å². The van der Waals surface area contributed by atoms with Crippen LogP contribution in [0.4, 0.5) is 27.6 Å². The van der Waals surface area contributed by atoms with Crippen molar-refractivity contribution in [3.8, 4) is 5.75 Å². The topological polar surface area (TPSA) is 73.3 Å². The zero-order valence-corrected chi connectivity index (χ0v) is 25.6. The molecule has 0 aliphatic carbocycles. The van der Waals surface area contributed by atoms with Gasteiger partial charge in [0.05, 0.1) is 17.7 Å². The highest BCUT2D eigenvalue weighted by molar-refractivity contribution is 6.34. The second kappa shape index (κ2) is 13.1. The maximum atomic E-state index is 14.9. The van der Waals surface area contributed by atoms with Gasteiger partial charge in [0.15, 0.2) is 0 Å². The Morgan fingerprint density at radius 1 is 0.955 bits per heavy atom. The fraction of sp³-hybridized carbons (Fsp3) is 0.548. The van der Waals surface area contributed by atoms with E-state index in [0.29, 0.717) is 29.3 Å². The minimum absolute atomic E-state index is 0.0426. The van der Waals surface area contributed by atoms with Crippen molar-refractivity contribution in [2.75, 3.05) is 52.3 Å². The predicted molar refractivity (Wildman–Crippen MR) is 156 cm³/mol. The fourth-order valence-electron chi connectivity index (χ4n) is 6.11. The molecule has 13 heteroatoms. The van der Waals surface area contributed by atoms with E-state index < -0.39 is 29.2 Å². The summed E-state index contributed by atoms with van der Waals surface area (Å²) in [7, 11) is 4.51. The zero-order valence-electron chi connectivity index (χ0n) is 24.8. The number of anilines is 1. The number of hydrogen-bond donors (Lipinski definition) is 1. The van der Waals surface area contributed by atoms with Gasteiger partial charge in [0.2, 0.25) is 5.60 Å². The second-order valence-electron chi connectivity index (χ2n) is 11.8. The number of benzene rings is 2. The van der Waals surface area contributed by atoms with E-state index in [4.69, 9.17) is 16.3 Å². The second-order valence-corrected chi connectivity index (χ2v) is 12.2. The molecule has 1 unspecified atom stereocenters. The number of likely N-dealkylation sites (tertiary alicyclic amines) is 1. The third kappa shape index (κ3) is 6.61. The highest BCUT2D eigenvalue weighted by atomic mass is 35.5. The molecule has 2 aliphatic heterocycles. The molecule has 2 amide bonds. The van der Waals surface area contributed by atoms with E-state index in [1.54, 1.807) is 26.2 Å². The Labute approximate surface area is 258 Å². The van der Waals surface area contributed by atoms with E-state index >= 15 is 0 Å². The smallest absolute Gasteiger partial charge is 0.457 e. The Hall–Kier alpha value is -3.12. The number of piperidine rings is 2. The lowest BCUT2D eigenvalue weighted by Gasteiger charge is -2.42. The molecular formula is C31H37ClF5N3O4. The van der Waals surface area contributed by atoms with E-state index in [1.807, 2.05) is 6.07 Å². The van der Waals surface area contributed by atoms with Gasteiger partial charge < -0.3 is 24.5 Å². The molecule has 1 N–H and O–H groups in total. The highest BCUT2D eigenvalue weighted by Gasteiger charge is 2.74. The highest BCUT2D eigenvalue weighted by Crippen LogP contribution is 2.50. The van der Waals surface area contributed by atoms with Crippen LogP contribution >= 0.6 is 11.6 Å². The third-order valence-corrected chi connectivity index (χ3v) is 9.06. The molecule has 2 fully saturated rings. The molecule has 2 aromatic carbocycles. The minimum Gasteiger partial charge on any atom is -0.497 e. The molecule has 2 aliphatic rings. The molecule has 2 saturated heterocycles. The molecular weight excluding hydrogens is 609 g/mol. The van der Waals surface area contributed by atoms with Crippen LogP contribution in [0.5, 0.6) is 5.75 Å². The van der Waals surface area contributed by atoms with E-state index in [1.165, 1.54) is 18.1 Å². The first kappa shape index (κ1) is 33.8. The summed E-state index contributed by atoms with van der Waals surface area (Å²) in [6.45, 7) is 1.47. The van der Waals surface area contributed by atoms with Crippen molar-refractivity contribution in [2.24, 2.45) is 11.8 Å². The first-order chi connectivity index (χ1) is 20.6. The number of rotatable bonds is 8. The van der Waals surface area contributed by atoms with Gasteiger partial charge in [-0.05, 0) is 74.3 Å². The molecule has 7 nitrogen and oxygen atoms in total. The first-order valence-electron chi connectivity index (χ1n) is 14.5. The fourth-order valence-corrected chi connectivity index (χ4v) is 6.36. The van der Waals surface area contributed by atoms with Crippen LogP contribution in [0.15, 0.2) is 42.5 Å². The number of methoxy groups -OCH3 is 1. The van der Waals surface area contributed by atoms with Gasteiger partial charge in [0.25, 0.3) is 11.8 Å². The SMILES string of the molecule is COc1cccc(C(O)(C(=O)N2CCC(CC3CCN(c4ccc(C(=O)N(C)C)c(Cl)c4)CC3)CC2)C(F)(F)C(F)(F)F)c1. The number of ether oxygens (including phenoxy) is 1. The summed E-state index contributed by atoms with van der Waals surface area (Å²) in [6, 6.07) is 9.54. The average Bonchev–Trinajstić information content (AvgIpc) is 3.00. The van der Waals surface area contributed by atoms with Gasteiger partial charge in [0.1, 0.15) is 5.75 Å². The molecule has 2 aromatic rings. The first-order valence-corrected chi connectivity index (χ1v) is 14.8. The summed E-state index contributed by atoms with van der Waals surface area (Å²) < 4.78 is 75.3. The summed E-state index contributed by atoms with van der Waals surface area (Å²) >= 11 is 6.38. The van der Waals surface area contributed by atoms with Gasteiger partial charge in [-0.3, -0.25) is 9.59 Å².